The maximum Gasteiger partial charge on any atom is 0.251 e. The zero-order valence-electron chi connectivity index (χ0n) is 8.44. The number of halogens is 2. The van der Waals surface area contributed by atoms with Gasteiger partial charge in [-0.1, -0.05) is 0 Å². The first kappa shape index (κ1) is 10.3. The van der Waals surface area contributed by atoms with Crippen molar-refractivity contribution in [1.82, 2.24) is 4.90 Å². The number of alkyl halides is 2. The fourth-order valence-electron chi connectivity index (χ4n) is 2.54. The second kappa shape index (κ2) is 3.42. The number of hydrogen-bond donors (Lipinski definition) is 1. The number of nitrogens with two attached hydrogens (primary N) is 1. The zero-order valence-corrected chi connectivity index (χ0v) is 8.44. The van der Waals surface area contributed by atoms with Crippen LogP contribution in [0.2, 0.25) is 0 Å². The molecule has 0 aromatic carbocycles. The third-order valence-corrected chi connectivity index (χ3v) is 3.35. The highest BCUT2D eigenvalue weighted by atomic mass is 19.3. The van der Waals surface area contributed by atoms with Gasteiger partial charge in [-0.3, -0.25) is 0 Å². The molecule has 82 valence electrons. The minimum atomic E-state index is -2.49. The van der Waals surface area contributed by atoms with Gasteiger partial charge in [0.05, 0.1) is 0 Å². The predicted octanol–water partition coefficient (Wildman–Crippen LogP) is 1.60. The van der Waals surface area contributed by atoms with Crippen LogP contribution in [0.5, 0.6) is 0 Å². The summed E-state index contributed by atoms with van der Waals surface area (Å²) in [5.74, 6) is -2.49. The van der Waals surface area contributed by atoms with E-state index in [-0.39, 0.29) is 12.8 Å². The fourth-order valence-corrected chi connectivity index (χ4v) is 2.54. The molecule has 4 heteroatoms. The summed E-state index contributed by atoms with van der Waals surface area (Å²) in [6.45, 7) is 3.13. The van der Waals surface area contributed by atoms with Crippen LogP contribution in [0.25, 0.3) is 0 Å². The highest BCUT2D eigenvalue weighted by Gasteiger charge is 2.53. The predicted molar refractivity (Wildman–Crippen MR) is 51.4 cm³/mol. The highest BCUT2D eigenvalue weighted by molar-refractivity contribution is 5.03. The van der Waals surface area contributed by atoms with Crippen LogP contribution in [0, 0.1) is 0 Å². The lowest BCUT2D eigenvalue weighted by Gasteiger charge is -2.45. The maximum atomic E-state index is 12.6. The Morgan fingerprint density at radius 3 is 2.21 bits per heavy atom. The first-order chi connectivity index (χ1) is 6.49. The molecule has 2 fully saturated rings. The quantitative estimate of drug-likeness (QED) is 0.756. The van der Waals surface area contributed by atoms with E-state index in [1.807, 2.05) is 0 Å². The molecular weight excluding hydrogens is 186 g/mol. The van der Waals surface area contributed by atoms with Gasteiger partial charge < -0.3 is 10.6 Å². The van der Waals surface area contributed by atoms with Gasteiger partial charge >= 0.3 is 0 Å². The second-order valence-electron chi connectivity index (χ2n) is 4.87. The number of nitrogens with zero attached hydrogens (tertiary/aromatic N) is 1. The van der Waals surface area contributed by atoms with Crippen molar-refractivity contribution < 1.29 is 8.78 Å². The van der Waals surface area contributed by atoms with Crippen LogP contribution in [0.3, 0.4) is 0 Å². The molecule has 2 rings (SSSR count). The minimum absolute atomic E-state index is 0.117. The lowest BCUT2D eigenvalue weighted by molar-refractivity contribution is -0.125. The largest absolute Gasteiger partial charge is 0.325 e. The van der Waals surface area contributed by atoms with E-state index in [1.54, 1.807) is 0 Å². The van der Waals surface area contributed by atoms with Gasteiger partial charge in [0.2, 0.25) is 0 Å². The zero-order chi connectivity index (χ0) is 10.2. The Morgan fingerprint density at radius 2 is 1.71 bits per heavy atom. The van der Waals surface area contributed by atoms with Crippen LogP contribution < -0.4 is 5.73 Å². The molecule has 2 aliphatic rings. The van der Waals surface area contributed by atoms with E-state index in [2.05, 4.69) is 4.90 Å². The number of rotatable bonds is 3. The van der Waals surface area contributed by atoms with Crippen molar-refractivity contribution in [3.8, 4) is 0 Å². The van der Waals surface area contributed by atoms with E-state index in [0.29, 0.717) is 0 Å². The molecule has 0 unspecified atom stereocenters. The lowest BCUT2D eigenvalue weighted by Crippen LogP contribution is -2.59. The Morgan fingerprint density at radius 1 is 1.14 bits per heavy atom. The molecule has 1 saturated carbocycles. The van der Waals surface area contributed by atoms with Crippen LogP contribution in [-0.4, -0.2) is 36.0 Å². The Bertz CT molecular complexity index is 204. The minimum Gasteiger partial charge on any atom is -0.325 e. The van der Waals surface area contributed by atoms with Gasteiger partial charge in [0.1, 0.15) is 0 Å². The van der Waals surface area contributed by atoms with Gasteiger partial charge in [-0.15, -0.1) is 0 Å². The summed E-state index contributed by atoms with van der Waals surface area (Å²) in [7, 11) is 0. The van der Waals surface area contributed by atoms with Crippen molar-refractivity contribution >= 4 is 0 Å². The summed E-state index contributed by atoms with van der Waals surface area (Å²) < 4.78 is 25.3. The molecule has 0 bridgehead atoms. The van der Waals surface area contributed by atoms with E-state index in [4.69, 9.17) is 5.73 Å². The molecule has 1 aliphatic heterocycles. The van der Waals surface area contributed by atoms with Gasteiger partial charge in [0, 0.05) is 18.4 Å². The molecule has 1 saturated heterocycles. The summed E-state index contributed by atoms with van der Waals surface area (Å²) in [5.41, 5.74) is 5.27. The van der Waals surface area contributed by atoms with E-state index in [0.717, 1.165) is 26.1 Å². The summed E-state index contributed by atoms with van der Waals surface area (Å²) >= 11 is 0. The van der Waals surface area contributed by atoms with Crippen LogP contribution >= 0.6 is 0 Å². The standard InChI is InChI=1S/C10H18F2N2/c11-10(12)7-9(13,8-10)3-6-14-4-1-2-5-14/h1-8,13H2. The van der Waals surface area contributed by atoms with Crippen molar-refractivity contribution in [2.75, 3.05) is 19.6 Å². The molecular formula is C10H18F2N2. The third-order valence-electron chi connectivity index (χ3n) is 3.35. The Labute approximate surface area is 83.4 Å². The first-order valence-electron chi connectivity index (χ1n) is 5.38. The Kier molecular flexibility index (Phi) is 2.52. The molecule has 0 aromatic rings. The van der Waals surface area contributed by atoms with Crippen LogP contribution in [0.1, 0.15) is 32.1 Å². The molecule has 2 nitrogen and oxygen atoms in total. The molecule has 14 heavy (non-hydrogen) atoms. The number of hydrogen-bond acceptors (Lipinski definition) is 2. The Hall–Kier alpha value is -0.220. The van der Waals surface area contributed by atoms with Crippen LogP contribution in [-0.2, 0) is 0 Å². The molecule has 1 aliphatic carbocycles. The van der Waals surface area contributed by atoms with E-state index in [9.17, 15) is 8.78 Å². The van der Waals surface area contributed by atoms with E-state index >= 15 is 0 Å². The molecule has 2 N–H and O–H groups in total. The van der Waals surface area contributed by atoms with Gasteiger partial charge in [0.15, 0.2) is 0 Å². The van der Waals surface area contributed by atoms with E-state index in [1.165, 1.54) is 12.8 Å². The summed E-state index contributed by atoms with van der Waals surface area (Å²) in [4.78, 5) is 2.32. The second-order valence-corrected chi connectivity index (χ2v) is 4.87. The molecule has 1 heterocycles. The third kappa shape index (κ3) is 2.23. The summed E-state index contributed by atoms with van der Waals surface area (Å²) in [6, 6.07) is 0. The molecule has 0 radical (unpaired) electrons. The lowest BCUT2D eigenvalue weighted by atomic mass is 9.72. The average molecular weight is 204 g/mol. The molecule has 0 amide bonds. The van der Waals surface area contributed by atoms with Gasteiger partial charge in [-0.2, -0.15) is 0 Å². The van der Waals surface area contributed by atoms with Crippen molar-refractivity contribution in [2.45, 2.75) is 43.6 Å². The first-order valence-corrected chi connectivity index (χ1v) is 5.38. The van der Waals surface area contributed by atoms with Crippen molar-refractivity contribution in [1.29, 1.82) is 0 Å². The van der Waals surface area contributed by atoms with Gasteiger partial charge in [0.25, 0.3) is 5.92 Å². The van der Waals surface area contributed by atoms with Crippen LogP contribution in [0.4, 0.5) is 8.78 Å². The van der Waals surface area contributed by atoms with Crippen molar-refractivity contribution in [2.24, 2.45) is 5.73 Å². The summed E-state index contributed by atoms with van der Waals surface area (Å²) in [6.07, 6.45) is 2.98. The van der Waals surface area contributed by atoms with Crippen LogP contribution in [0.15, 0.2) is 0 Å². The molecule has 0 aromatic heterocycles. The highest BCUT2D eigenvalue weighted by Crippen LogP contribution is 2.45. The number of likely N-dealkylation sites (tertiary alicyclic amines) is 1. The topological polar surface area (TPSA) is 29.3 Å². The van der Waals surface area contributed by atoms with Gasteiger partial charge in [-0.25, -0.2) is 8.78 Å². The van der Waals surface area contributed by atoms with Gasteiger partial charge in [-0.05, 0) is 38.9 Å². The van der Waals surface area contributed by atoms with E-state index < -0.39 is 11.5 Å². The molecule has 0 atom stereocenters. The fraction of sp³-hybridized carbons (Fsp3) is 1.00. The summed E-state index contributed by atoms with van der Waals surface area (Å²) in [5, 5.41) is 0. The van der Waals surface area contributed by atoms with Crippen molar-refractivity contribution in [3.63, 3.8) is 0 Å². The monoisotopic (exact) mass is 204 g/mol. The smallest absolute Gasteiger partial charge is 0.251 e. The average Bonchev–Trinajstić information content (AvgIpc) is 2.48. The maximum absolute atomic E-state index is 12.6. The molecule has 0 spiro atoms. The van der Waals surface area contributed by atoms with Crippen molar-refractivity contribution in [3.05, 3.63) is 0 Å². The Balaban J connectivity index is 1.70. The SMILES string of the molecule is NC1(CCN2CCCC2)CC(F)(F)C1. The normalized spacial score (nSPS) is 30.2.